The number of ketones is 1. The molecule has 2 fully saturated rings. The SMILES string of the molecule is CC12C=CC3(CC1)C(=O)CCC3C2(C)C. The van der Waals surface area contributed by atoms with Gasteiger partial charge in [0.2, 0.25) is 0 Å². The molecule has 1 nitrogen and oxygen atoms in total. The second-order valence-corrected chi connectivity index (χ2v) is 6.53. The van der Waals surface area contributed by atoms with Crippen LogP contribution in [0.4, 0.5) is 0 Å². The summed E-state index contributed by atoms with van der Waals surface area (Å²) in [7, 11) is 0. The van der Waals surface area contributed by atoms with Crippen LogP contribution >= 0.6 is 0 Å². The van der Waals surface area contributed by atoms with Gasteiger partial charge >= 0.3 is 0 Å². The summed E-state index contributed by atoms with van der Waals surface area (Å²) in [6.07, 6.45) is 8.84. The van der Waals surface area contributed by atoms with Crippen LogP contribution in [0.3, 0.4) is 0 Å². The molecule has 0 saturated heterocycles. The lowest BCUT2D eigenvalue weighted by Gasteiger charge is -2.60. The van der Waals surface area contributed by atoms with E-state index in [9.17, 15) is 4.79 Å². The van der Waals surface area contributed by atoms with Gasteiger partial charge in [-0.1, -0.05) is 32.9 Å². The Morgan fingerprint density at radius 2 is 1.93 bits per heavy atom. The van der Waals surface area contributed by atoms with E-state index in [-0.39, 0.29) is 5.41 Å². The van der Waals surface area contributed by atoms with Crippen molar-refractivity contribution in [3.8, 4) is 0 Å². The molecule has 4 aliphatic carbocycles. The van der Waals surface area contributed by atoms with Crippen molar-refractivity contribution in [1.29, 1.82) is 0 Å². The van der Waals surface area contributed by atoms with Gasteiger partial charge in [-0.2, -0.15) is 0 Å². The number of carbonyl (C=O) groups is 1. The number of hydrogen-bond donors (Lipinski definition) is 0. The van der Waals surface area contributed by atoms with Gasteiger partial charge in [0.05, 0.1) is 5.41 Å². The van der Waals surface area contributed by atoms with Crippen molar-refractivity contribution in [3.63, 3.8) is 0 Å². The minimum atomic E-state index is -0.0543. The fourth-order valence-electron chi connectivity index (χ4n) is 4.39. The summed E-state index contributed by atoms with van der Waals surface area (Å²) in [4.78, 5) is 12.1. The molecule has 0 aliphatic heterocycles. The Hall–Kier alpha value is -0.590. The van der Waals surface area contributed by atoms with Crippen molar-refractivity contribution in [2.75, 3.05) is 0 Å². The zero-order valence-electron chi connectivity index (χ0n) is 9.97. The zero-order chi connectivity index (χ0) is 10.9. The van der Waals surface area contributed by atoms with Crippen LogP contribution in [0.15, 0.2) is 12.2 Å². The molecule has 0 aromatic heterocycles. The lowest BCUT2D eigenvalue weighted by atomic mass is 9.43. The smallest absolute Gasteiger partial charge is 0.143 e. The maximum Gasteiger partial charge on any atom is 0.143 e. The van der Waals surface area contributed by atoms with Crippen LogP contribution in [0, 0.1) is 22.2 Å². The monoisotopic (exact) mass is 204 g/mol. The molecule has 2 bridgehead atoms. The van der Waals surface area contributed by atoms with E-state index in [1.807, 2.05) is 0 Å². The largest absolute Gasteiger partial charge is 0.299 e. The third kappa shape index (κ3) is 0.847. The van der Waals surface area contributed by atoms with Gasteiger partial charge in [0.15, 0.2) is 0 Å². The molecule has 3 atom stereocenters. The number of rotatable bonds is 0. The second-order valence-electron chi connectivity index (χ2n) is 6.53. The van der Waals surface area contributed by atoms with Crippen LogP contribution < -0.4 is 0 Å². The van der Waals surface area contributed by atoms with Crippen molar-refractivity contribution in [2.24, 2.45) is 22.2 Å². The molecular weight excluding hydrogens is 184 g/mol. The van der Waals surface area contributed by atoms with Gasteiger partial charge in [0.25, 0.3) is 0 Å². The van der Waals surface area contributed by atoms with E-state index in [1.54, 1.807) is 0 Å². The first-order valence-corrected chi connectivity index (χ1v) is 6.16. The normalized spacial score (nSPS) is 50.9. The highest BCUT2D eigenvalue weighted by molar-refractivity contribution is 5.90. The molecule has 15 heavy (non-hydrogen) atoms. The maximum atomic E-state index is 12.1. The summed E-state index contributed by atoms with van der Waals surface area (Å²) < 4.78 is 0. The number of allylic oxidation sites excluding steroid dienone is 2. The Bertz CT molecular complexity index is 366. The number of fused-ring (bicyclic) bond motifs is 1. The molecule has 2 saturated carbocycles. The minimum Gasteiger partial charge on any atom is -0.299 e. The van der Waals surface area contributed by atoms with Crippen LogP contribution in [0.1, 0.15) is 46.5 Å². The molecule has 1 spiro atoms. The molecule has 0 aromatic rings. The topological polar surface area (TPSA) is 17.1 Å². The Morgan fingerprint density at radius 1 is 1.20 bits per heavy atom. The summed E-state index contributed by atoms with van der Waals surface area (Å²) in [6, 6.07) is 0. The van der Waals surface area contributed by atoms with Gasteiger partial charge in [0, 0.05) is 6.42 Å². The predicted octanol–water partition coefficient (Wildman–Crippen LogP) is 3.35. The molecule has 0 amide bonds. The molecule has 0 radical (unpaired) electrons. The quantitative estimate of drug-likeness (QED) is 0.553. The molecule has 3 unspecified atom stereocenters. The molecule has 82 valence electrons. The van der Waals surface area contributed by atoms with Crippen LogP contribution in [0.2, 0.25) is 0 Å². The van der Waals surface area contributed by atoms with Gasteiger partial charge in [-0.15, -0.1) is 0 Å². The van der Waals surface area contributed by atoms with E-state index < -0.39 is 0 Å². The van der Waals surface area contributed by atoms with E-state index >= 15 is 0 Å². The summed E-state index contributed by atoms with van der Waals surface area (Å²) in [5, 5.41) is 0. The Labute approximate surface area is 91.9 Å². The maximum absolute atomic E-state index is 12.1. The first kappa shape index (κ1) is 9.62. The fourth-order valence-corrected chi connectivity index (χ4v) is 4.39. The average molecular weight is 204 g/mol. The minimum absolute atomic E-state index is 0.0543. The van der Waals surface area contributed by atoms with Crippen molar-refractivity contribution in [3.05, 3.63) is 12.2 Å². The van der Waals surface area contributed by atoms with Crippen LogP contribution in [0.25, 0.3) is 0 Å². The standard InChI is InChI=1S/C14H20O/c1-12(2)10-4-5-11(15)14(10)8-6-13(12,3)7-9-14/h6,8,10H,4-5,7,9H2,1-3H3. The highest BCUT2D eigenvalue weighted by atomic mass is 16.1. The second kappa shape index (κ2) is 2.39. The molecular formula is C14H20O. The van der Waals surface area contributed by atoms with E-state index in [4.69, 9.17) is 0 Å². The summed E-state index contributed by atoms with van der Waals surface area (Å²) in [5.41, 5.74) is 0.567. The highest BCUT2D eigenvalue weighted by Gasteiger charge is 2.64. The van der Waals surface area contributed by atoms with Crippen LogP contribution in [-0.2, 0) is 4.79 Å². The fraction of sp³-hybridized carbons (Fsp3) is 0.786. The number of Topliss-reactive ketones (excluding diaryl/α,β-unsaturated/α-hetero) is 1. The Balaban J connectivity index is 2.21. The van der Waals surface area contributed by atoms with E-state index in [1.165, 1.54) is 6.42 Å². The van der Waals surface area contributed by atoms with Crippen LogP contribution in [-0.4, -0.2) is 5.78 Å². The Kier molecular flexibility index (Phi) is 1.53. The van der Waals surface area contributed by atoms with Gasteiger partial charge in [-0.3, -0.25) is 4.79 Å². The third-order valence-electron chi connectivity index (χ3n) is 5.95. The molecule has 0 aromatic carbocycles. The van der Waals surface area contributed by atoms with Crippen LogP contribution in [0.5, 0.6) is 0 Å². The first-order valence-electron chi connectivity index (χ1n) is 6.16. The first-order chi connectivity index (χ1) is 6.92. The number of carbonyl (C=O) groups excluding carboxylic acids is 1. The van der Waals surface area contributed by atoms with Gasteiger partial charge < -0.3 is 0 Å². The molecule has 4 rings (SSSR count). The third-order valence-corrected chi connectivity index (χ3v) is 5.95. The molecule has 1 heteroatoms. The molecule has 4 aliphatic rings. The summed E-state index contributed by atoms with van der Waals surface area (Å²) in [6.45, 7) is 7.11. The van der Waals surface area contributed by atoms with Gasteiger partial charge in [0.1, 0.15) is 5.78 Å². The van der Waals surface area contributed by atoms with Crippen molar-refractivity contribution >= 4 is 5.78 Å². The van der Waals surface area contributed by atoms with Gasteiger partial charge in [-0.05, 0) is 36.0 Å². The molecule has 0 heterocycles. The lowest BCUT2D eigenvalue weighted by Crippen LogP contribution is -2.55. The summed E-state index contributed by atoms with van der Waals surface area (Å²) >= 11 is 0. The van der Waals surface area contributed by atoms with Crippen molar-refractivity contribution in [1.82, 2.24) is 0 Å². The van der Waals surface area contributed by atoms with Crippen molar-refractivity contribution in [2.45, 2.75) is 46.5 Å². The number of hydrogen-bond acceptors (Lipinski definition) is 1. The van der Waals surface area contributed by atoms with Crippen molar-refractivity contribution < 1.29 is 4.79 Å². The lowest BCUT2D eigenvalue weighted by molar-refractivity contribution is -0.134. The van der Waals surface area contributed by atoms with E-state index in [0.717, 1.165) is 19.3 Å². The highest BCUT2D eigenvalue weighted by Crippen LogP contribution is 2.68. The zero-order valence-corrected chi connectivity index (χ0v) is 9.97. The summed E-state index contributed by atoms with van der Waals surface area (Å²) in [5.74, 6) is 1.11. The Morgan fingerprint density at radius 3 is 2.53 bits per heavy atom. The van der Waals surface area contributed by atoms with Gasteiger partial charge in [-0.25, -0.2) is 0 Å². The average Bonchev–Trinajstić information content (AvgIpc) is 2.50. The predicted molar refractivity (Wildman–Crippen MR) is 60.4 cm³/mol. The van der Waals surface area contributed by atoms with E-state index in [2.05, 4.69) is 32.9 Å². The van der Waals surface area contributed by atoms with E-state index in [0.29, 0.717) is 22.5 Å². The molecule has 0 N–H and O–H groups in total.